The summed E-state index contributed by atoms with van der Waals surface area (Å²) in [6.45, 7) is 10.8. The van der Waals surface area contributed by atoms with Gasteiger partial charge in [-0.05, 0) is 58.8 Å². The fraction of sp³-hybridized carbons (Fsp3) is 0.939. The van der Waals surface area contributed by atoms with Crippen LogP contribution in [0, 0.1) is 16.7 Å². The van der Waals surface area contributed by atoms with Crippen LogP contribution in [0.15, 0.2) is 4.99 Å². The Kier molecular flexibility index (Phi) is 41.1. The predicted molar refractivity (Wildman–Crippen MR) is 246 cm³/mol. The fourth-order valence-corrected chi connectivity index (χ4v) is 9.05. The molecule has 1 unspecified atom stereocenters. The van der Waals surface area contributed by atoms with Gasteiger partial charge in [-0.2, -0.15) is 13.7 Å². The van der Waals surface area contributed by atoms with Crippen LogP contribution in [0.2, 0.25) is 0 Å². The van der Waals surface area contributed by atoms with Gasteiger partial charge in [-0.15, -0.1) is 0 Å². The zero-order valence-electron chi connectivity index (χ0n) is 39.9. The minimum absolute atomic E-state index is 0. The van der Waals surface area contributed by atoms with Crippen LogP contribution in [0.3, 0.4) is 0 Å². The summed E-state index contributed by atoms with van der Waals surface area (Å²) in [5.41, 5.74) is -2.13. The number of aliphatic imine (C=N–C) groups is 1. The van der Waals surface area contributed by atoms with E-state index in [4.69, 9.17) is 0 Å². The number of rotatable bonds is 43. The number of nitrogens with zero attached hydrogens (tertiary/aromatic N) is 3. The molecule has 8 nitrogen and oxygen atoms in total. The van der Waals surface area contributed by atoms with E-state index < -0.39 is 32.7 Å². The molecule has 0 fully saturated rings. The summed E-state index contributed by atoms with van der Waals surface area (Å²) in [5.74, 6) is -1.06. The minimum atomic E-state index is -4.29. The SMILES string of the molecule is CCCCCCCCCCCCCCCCCCN(CCCCCCCCCCCCCCCCCC)C(=O)CCC(C)(C#N)CCC([O-])=NC(C)(C)CS(=O)(=O)O.[Na+]. The number of unbranched alkanes of at least 4 members (excludes halogenated alkanes) is 30. The van der Waals surface area contributed by atoms with Crippen molar-refractivity contribution in [1.29, 1.82) is 5.26 Å². The van der Waals surface area contributed by atoms with Crippen molar-refractivity contribution in [3.8, 4) is 6.07 Å². The van der Waals surface area contributed by atoms with Crippen LogP contribution in [-0.2, 0) is 14.9 Å². The topological polar surface area (TPSA) is 134 Å². The van der Waals surface area contributed by atoms with Gasteiger partial charge in [-0.3, -0.25) is 14.3 Å². The van der Waals surface area contributed by atoms with E-state index in [1.807, 2.05) is 4.90 Å². The van der Waals surface area contributed by atoms with Crippen LogP contribution in [0.25, 0.3) is 0 Å². The van der Waals surface area contributed by atoms with Crippen LogP contribution in [-0.4, -0.2) is 54.1 Å². The summed E-state index contributed by atoms with van der Waals surface area (Å²) in [4.78, 5) is 19.6. The third-order valence-corrected chi connectivity index (χ3v) is 13.0. The van der Waals surface area contributed by atoms with Crippen molar-refractivity contribution in [2.75, 3.05) is 18.8 Å². The van der Waals surface area contributed by atoms with Gasteiger partial charge in [0.2, 0.25) is 5.91 Å². The second-order valence-electron chi connectivity index (χ2n) is 18.7. The molecule has 0 bridgehead atoms. The van der Waals surface area contributed by atoms with Crippen molar-refractivity contribution < 1.29 is 52.4 Å². The van der Waals surface area contributed by atoms with E-state index in [9.17, 15) is 28.1 Å². The maximum absolute atomic E-state index is 13.6. The summed E-state index contributed by atoms with van der Waals surface area (Å²) in [5, 5.41) is 22.6. The van der Waals surface area contributed by atoms with E-state index in [0.717, 1.165) is 38.8 Å². The standard InChI is InChI=1S/C49H95N3O5S.Na/c1-6-8-10-12-14-16-18-20-22-24-26-28-30-32-34-36-42-52(43-37-35-33-31-29-27-25-23-21-19-17-15-13-11-9-7-2)47(54)39-41-49(5,44-50)40-38-46(53)51-48(3,4)45-58(55,56)57;/h6-43,45H2,1-5H3,(H,51,53)(H,55,56,57);/q;+1/p-1. The zero-order chi connectivity index (χ0) is 43.2. The number of carbonyl (C=O) groups is 1. The Hall–Kier alpha value is -0.660. The van der Waals surface area contributed by atoms with Crippen molar-refractivity contribution >= 4 is 21.9 Å². The molecular weight excluding hydrogens is 766 g/mol. The first-order valence-electron chi connectivity index (χ1n) is 24.7. The van der Waals surface area contributed by atoms with Crippen molar-refractivity contribution in [3.05, 3.63) is 0 Å². The molecule has 1 atom stereocenters. The van der Waals surface area contributed by atoms with E-state index >= 15 is 0 Å². The molecule has 59 heavy (non-hydrogen) atoms. The van der Waals surface area contributed by atoms with Gasteiger partial charge < -0.3 is 10.0 Å². The third kappa shape index (κ3) is 41.1. The monoisotopic (exact) mass is 860 g/mol. The molecule has 342 valence electrons. The van der Waals surface area contributed by atoms with Gasteiger partial charge in [0.05, 0.1) is 22.8 Å². The molecule has 0 aromatic carbocycles. The second kappa shape index (κ2) is 40.1. The average Bonchev–Trinajstić information content (AvgIpc) is 3.16. The summed E-state index contributed by atoms with van der Waals surface area (Å²) in [6, 6.07) is 2.33. The maximum Gasteiger partial charge on any atom is 1.00 e. The summed E-state index contributed by atoms with van der Waals surface area (Å²) >= 11 is 0. The normalized spacial score (nSPS) is 13.2. The maximum atomic E-state index is 13.6. The molecule has 0 heterocycles. The van der Waals surface area contributed by atoms with E-state index in [-0.39, 0.29) is 54.7 Å². The molecule has 0 aromatic rings. The summed E-state index contributed by atoms with van der Waals surface area (Å²) in [7, 11) is -4.29. The molecule has 1 amide bonds. The number of carbonyl (C=O) groups excluding carboxylic acids is 1. The van der Waals surface area contributed by atoms with Crippen molar-refractivity contribution in [2.24, 2.45) is 10.4 Å². The molecule has 0 aromatic heterocycles. The van der Waals surface area contributed by atoms with Gasteiger partial charge in [0.25, 0.3) is 10.1 Å². The van der Waals surface area contributed by atoms with Gasteiger partial charge >= 0.3 is 29.6 Å². The molecule has 0 aliphatic rings. The molecule has 0 spiro atoms. The molecule has 0 aliphatic carbocycles. The van der Waals surface area contributed by atoms with Crippen molar-refractivity contribution in [2.45, 2.75) is 271 Å². The van der Waals surface area contributed by atoms with Crippen LogP contribution in [0.1, 0.15) is 266 Å². The smallest absolute Gasteiger partial charge is 0.862 e. The number of amides is 1. The van der Waals surface area contributed by atoms with E-state index in [1.54, 1.807) is 6.92 Å². The largest absolute Gasteiger partial charge is 1.00 e. The minimum Gasteiger partial charge on any atom is -0.862 e. The van der Waals surface area contributed by atoms with Crippen LogP contribution < -0.4 is 34.7 Å². The summed E-state index contributed by atoms with van der Waals surface area (Å²) in [6.07, 6.45) is 43.0. The van der Waals surface area contributed by atoms with Crippen molar-refractivity contribution in [3.63, 3.8) is 0 Å². The first-order valence-corrected chi connectivity index (χ1v) is 26.3. The fourth-order valence-electron chi connectivity index (χ4n) is 8.10. The molecular formula is C49H94N3NaO5S. The van der Waals surface area contributed by atoms with Crippen LogP contribution in [0.5, 0.6) is 0 Å². The van der Waals surface area contributed by atoms with E-state index in [0.29, 0.717) is 6.42 Å². The van der Waals surface area contributed by atoms with Crippen molar-refractivity contribution in [1.82, 2.24) is 4.90 Å². The third-order valence-electron chi connectivity index (χ3n) is 11.9. The molecule has 0 radical (unpaired) electrons. The van der Waals surface area contributed by atoms with Crippen LogP contribution >= 0.6 is 0 Å². The molecule has 0 aliphatic heterocycles. The predicted octanol–water partition coefficient (Wildman–Crippen LogP) is 10.9. The van der Waals surface area contributed by atoms with Gasteiger partial charge in [-0.25, -0.2) is 0 Å². The quantitative estimate of drug-likeness (QED) is 0.0213. The summed E-state index contributed by atoms with van der Waals surface area (Å²) < 4.78 is 31.8. The zero-order valence-corrected chi connectivity index (χ0v) is 42.7. The first kappa shape index (κ1) is 60.4. The van der Waals surface area contributed by atoms with Gasteiger partial charge in [0, 0.05) is 19.5 Å². The number of hydrogen-bond donors (Lipinski definition) is 1. The molecule has 0 saturated carbocycles. The Morgan fingerprint density at radius 2 is 0.864 bits per heavy atom. The first-order chi connectivity index (χ1) is 27.8. The van der Waals surface area contributed by atoms with Gasteiger partial charge in [0.15, 0.2) is 0 Å². The van der Waals surface area contributed by atoms with E-state index in [2.05, 4.69) is 24.9 Å². The van der Waals surface area contributed by atoms with E-state index in [1.165, 1.54) is 194 Å². The Morgan fingerprint density at radius 3 is 1.15 bits per heavy atom. The van der Waals surface area contributed by atoms with Crippen LogP contribution in [0.4, 0.5) is 0 Å². The number of nitriles is 1. The Bertz CT molecular complexity index is 1120. The Labute approximate surface area is 388 Å². The Balaban J connectivity index is 0. The molecule has 0 saturated heterocycles. The second-order valence-corrected chi connectivity index (χ2v) is 20.2. The molecule has 1 N–H and O–H groups in total. The van der Waals surface area contributed by atoms with Gasteiger partial charge in [-0.1, -0.05) is 206 Å². The molecule has 0 rings (SSSR count). The Morgan fingerprint density at radius 1 is 0.576 bits per heavy atom. The average molecular weight is 860 g/mol. The van der Waals surface area contributed by atoms with Gasteiger partial charge in [0.1, 0.15) is 0 Å². The number of hydrogen-bond acceptors (Lipinski definition) is 6. The molecule has 10 heteroatoms.